The topological polar surface area (TPSA) is 50.4 Å². The van der Waals surface area contributed by atoms with Crippen LogP contribution in [0.2, 0.25) is 0 Å². The molecule has 0 fully saturated rings. The van der Waals surface area contributed by atoms with Crippen molar-refractivity contribution in [2.24, 2.45) is 0 Å². The van der Waals surface area contributed by atoms with Crippen molar-refractivity contribution in [3.8, 4) is 0 Å². The number of hydrogen-bond acceptors (Lipinski definition) is 3. The van der Waals surface area contributed by atoms with Crippen molar-refractivity contribution in [3.05, 3.63) is 0 Å². The maximum absolute atomic E-state index is 11.3. The minimum absolute atomic E-state index is 0.0499. The number of amides is 1. The van der Waals surface area contributed by atoms with Crippen molar-refractivity contribution < 1.29 is 9.53 Å². The van der Waals surface area contributed by atoms with Gasteiger partial charge in [0.1, 0.15) is 6.10 Å². The molecule has 2 N–H and O–H groups in total. The molecule has 13 heavy (non-hydrogen) atoms. The summed E-state index contributed by atoms with van der Waals surface area (Å²) in [5.74, 6) is -0.0499. The van der Waals surface area contributed by atoms with Gasteiger partial charge in [-0.25, -0.2) is 0 Å². The summed E-state index contributed by atoms with van der Waals surface area (Å²) in [6.45, 7) is 6.94. The van der Waals surface area contributed by atoms with Crippen LogP contribution >= 0.6 is 0 Å². The van der Waals surface area contributed by atoms with Crippen molar-refractivity contribution in [3.63, 3.8) is 0 Å². The standard InChI is InChI=1S/C9H20N2O2/c1-7(2)11-9(12)8(3)13-6-5-10-4/h7-8,10H,5-6H2,1-4H3,(H,11,12). The third-order valence-corrected chi connectivity index (χ3v) is 1.52. The number of rotatable bonds is 6. The van der Waals surface area contributed by atoms with E-state index in [0.717, 1.165) is 6.54 Å². The lowest BCUT2D eigenvalue weighted by Crippen LogP contribution is -2.39. The van der Waals surface area contributed by atoms with Crippen LogP contribution in [0.3, 0.4) is 0 Å². The highest BCUT2D eigenvalue weighted by atomic mass is 16.5. The molecule has 0 aliphatic rings. The molecule has 0 spiro atoms. The molecule has 0 aliphatic carbocycles. The van der Waals surface area contributed by atoms with Crippen LogP contribution in [-0.2, 0) is 9.53 Å². The fourth-order valence-corrected chi connectivity index (χ4v) is 0.815. The Hall–Kier alpha value is -0.610. The summed E-state index contributed by atoms with van der Waals surface area (Å²) in [4.78, 5) is 11.3. The van der Waals surface area contributed by atoms with Gasteiger partial charge in [-0.2, -0.15) is 0 Å². The summed E-state index contributed by atoms with van der Waals surface area (Å²) < 4.78 is 5.27. The lowest BCUT2D eigenvalue weighted by molar-refractivity contribution is -0.132. The second-order valence-corrected chi connectivity index (χ2v) is 3.28. The van der Waals surface area contributed by atoms with Crippen molar-refractivity contribution in [2.75, 3.05) is 20.2 Å². The molecular formula is C9H20N2O2. The first-order chi connectivity index (χ1) is 6.07. The Kier molecular flexibility index (Phi) is 6.54. The Bertz CT molecular complexity index is 149. The maximum Gasteiger partial charge on any atom is 0.249 e. The number of hydrogen-bond donors (Lipinski definition) is 2. The highest BCUT2D eigenvalue weighted by molar-refractivity contribution is 5.80. The molecule has 0 saturated carbocycles. The van der Waals surface area contributed by atoms with E-state index in [1.165, 1.54) is 0 Å². The van der Waals surface area contributed by atoms with Crippen LogP contribution in [0.5, 0.6) is 0 Å². The predicted octanol–water partition coefficient (Wildman–Crippen LogP) is 0.136. The quantitative estimate of drug-likeness (QED) is 0.583. The third-order valence-electron chi connectivity index (χ3n) is 1.52. The lowest BCUT2D eigenvalue weighted by Gasteiger charge is -2.14. The van der Waals surface area contributed by atoms with E-state index >= 15 is 0 Å². The fraction of sp³-hybridized carbons (Fsp3) is 0.889. The van der Waals surface area contributed by atoms with Crippen molar-refractivity contribution in [2.45, 2.75) is 32.9 Å². The predicted molar refractivity (Wildman–Crippen MR) is 52.6 cm³/mol. The van der Waals surface area contributed by atoms with E-state index in [2.05, 4.69) is 10.6 Å². The Balaban J connectivity index is 3.57. The molecule has 78 valence electrons. The first-order valence-electron chi connectivity index (χ1n) is 4.64. The molecule has 4 heteroatoms. The van der Waals surface area contributed by atoms with E-state index < -0.39 is 0 Å². The van der Waals surface area contributed by atoms with Crippen molar-refractivity contribution in [1.82, 2.24) is 10.6 Å². The lowest BCUT2D eigenvalue weighted by atomic mass is 10.3. The first kappa shape index (κ1) is 12.4. The number of carbonyl (C=O) groups excluding carboxylic acids is 1. The zero-order chi connectivity index (χ0) is 10.3. The van der Waals surface area contributed by atoms with Crippen LogP contribution in [0.1, 0.15) is 20.8 Å². The third kappa shape index (κ3) is 6.54. The molecule has 1 atom stereocenters. The van der Waals surface area contributed by atoms with E-state index in [0.29, 0.717) is 6.61 Å². The van der Waals surface area contributed by atoms with Gasteiger partial charge in [-0.05, 0) is 27.8 Å². The highest BCUT2D eigenvalue weighted by Gasteiger charge is 2.12. The average molecular weight is 188 g/mol. The molecule has 0 heterocycles. The molecule has 0 aromatic heterocycles. The second kappa shape index (κ2) is 6.86. The molecule has 0 aromatic rings. The van der Waals surface area contributed by atoms with E-state index in [1.54, 1.807) is 6.92 Å². The number of likely N-dealkylation sites (N-methyl/N-ethyl adjacent to an activating group) is 1. The maximum atomic E-state index is 11.3. The molecule has 1 unspecified atom stereocenters. The number of nitrogens with one attached hydrogen (secondary N) is 2. The molecule has 0 aliphatic heterocycles. The van der Waals surface area contributed by atoms with Crippen molar-refractivity contribution in [1.29, 1.82) is 0 Å². The Morgan fingerprint density at radius 3 is 2.46 bits per heavy atom. The van der Waals surface area contributed by atoms with Gasteiger partial charge in [0.15, 0.2) is 0 Å². The minimum Gasteiger partial charge on any atom is -0.367 e. The summed E-state index contributed by atoms with van der Waals surface area (Å²) >= 11 is 0. The van der Waals surface area contributed by atoms with E-state index in [4.69, 9.17) is 4.74 Å². The van der Waals surface area contributed by atoms with E-state index in [1.807, 2.05) is 20.9 Å². The molecule has 0 bridgehead atoms. The van der Waals surface area contributed by atoms with Crippen LogP contribution in [0, 0.1) is 0 Å². The van der Waals surface area contributed by atoms with Crippen LogP contribution in [-0.4, -0.2) is 38.3 Å². The van der Waals surface area contributed by atoms with E-state index in [-0.39, 0.29) is 18.1 Å². The molecule has 0 saturated heterocycles. The average Bonchev–Trinajstić information content (AvgIpc) is 2.03. The molecular weight excluding hydrogens is 168 g/mol. The minimum atomic E-state index is -0.365. The van der Waals surface area contributed by atoms with Gasteiger partial charge >= 0.3 is 0 Å². The summed E-state index contributed by atoms with van der Waals surface area (Å²) in [6, 6.07) is 0.169. The normalized spacial score (nSPS) is 13.0. The van der Waals surface area contributed by atoms with Gasteiger partial charge in [0.2, 0.25) is 5.91 Å². The van der Waals surface area contributed by atoms with Gasteiger partial charge < -0.3 is 15.4 Å². The molecule has 4 nitrogen and oxygen atoms in total. The van der Waals surface area contributed by atoms with Crippen LogP contribution in [0.25, 0.3) is 0 Å². The highest BCUT2D eigenvalue weighted by Crippen LogP contribution is 1.91. The van der Waals surface area contributed by atoms with Crippen LogP contribution in [0.15, 0.2) is 0 Å². The Morgan fingerprint density at radius 1 is 1.38 bits per heavy atom. The molecule has 1 amide bonds. The molecule has 0 rings (SSSR count). The van der Waals surface area contributed by atoms with Gasteiger partial charge in [-0.3, -0.25) is 4.79 Å². The van der Waals surface area contributed by atoms with E-state index in [9.17, 15) is 4.79 Å². The summed E-state index contributed by atoms with van der Waals surface area (Å²) in [5, 5.41) is 5.73. The summed E-state index contributed by atoms with van der Waals surface area (Å²) in [7, 11) is 1.85. The monoisotopic (exact) mass is 188 g/mol. The Labute approximate surface area is 80.0 Å². The smallest absolute Gasteiger partial charge is 0.249 e. The Morgan fingerprint density at radius 2 is 2.00 bits per heavy atom. The zero-order valence-electron chi connectivity index (χ0n) is 8.89. The van der Waals surface area contributed by atoms with Gasteiger partial charge in [0.05, 0.1) is 6.61 Å². The number of carbonyl (C=O) groups is 1. The SMILES string of the molecule is CNCCOC(C)C(=O)NC(C)C. The zero-order valence-corrected chi connectivity index (χ0v) is 8.89. The summed E-state index contributed by atoms with van der Waals surface area (Å²) in [6.07, 6.45) is -0.365. The van der Waals surface area contributed by atoms with Gasteiger partial charge in [0.25, 0.3) is 0 Å². The molecule has 0 radical (unpaired) electrons. The van der Waals surface area contributed by atoms with Crippen LogP contribution in [0.4, 0.5) is 0 Å². The van der Waals surface area contributed by atoms with Gasteiger partial charge in [-0.15, -0.1) is 0 Å². The fourth-order valence-electron chi connectivity index (χ4n) is 0.815. The van der Waals surface area contributed by atoms with Gasteiger partial charge in [-0.1, -0.05) is 0 Å². The van der Waals surface area contributed by atoms with Gasteiger partial charge in [0, 0.05) is 12.6 Å². The number of ether oxygens (including phenoxy) is 1. The first-order valence-corrected chi connectivity index (χ1v) is 4.64. The largest absolute Gasteiger partial charge is 0.367 e. The second-order valence-electron chi connectivity index (χ2n) is 3.28. The summed E-state index contributed by atoms with van der Waals surface area (Å²) in [5.41, 5.74) is 0. The molecule has 0 aromatic carbocycles. The van der Waals surface area contributed by atoms with Crippen molar-refractivity contribution >= 4 is 5.91 Å². The van der Waals surface area contributed by atoms with Crippen LogP contribution < -0.4 is 10.6 Å².